The van der Waals surface area contributed by atoms with Crippen LogP contribution in [-0.4, -0.2) is 51.1 Å². The Hall–Kier alpha value is -1.86. The van der Waals surface area contributed by atoms with Gasteiger partial charge in [-0.2, -0.15) is 5.10 Å². The van der Waals surface area contributed by atoms with E-state index in [0.29, 0.717) is 11.8 Å². The second-order valence-corrected chi connectivity index (χ2v) is 9.45. The van der Waals surface area contributed by atoms with Crippen LogP contribution in [0.3, 0.4) is 0 Å². The molecule has 0 aromatic carbocycles. The van der Waals surface area contributed by atoms with Crippen molar-refractivity contribution in [2.75, 3.05) is 36.0 Å². The van der Waals surface area contributed by atoms with Crippen LogP contribution in [0.15, 0.2) is 12.4 Å². The predicted molar refractivity (Wildman–Crippen MR) is 120 cm³/mol. The van der Waals surface area contributed by atoms with E-state index in [2.05, 4.69) is 46.6 Å². The molecule has 2 aromatic heterocycles. The highest BCUT2D eigenvalue weighted by Gasteiger charge is 2.33. The SMILES string of the molecule is Cc1nn(CC(C)C)c(Cl)c1C1CCCN1c1cc(N2CCCC(CO)C2)ncn1. The molecule has 2 fully saturated rings. The maximum absolute atomic E-state index is 9.56. The zero-order valence-corrected chi connectivity index (χ0v) is 19.0. The summed E-state index contributed by atoms with van der Waals surface area (Å²) in [6.45, 7) is 10.3. The molecule has 2 unspecified atom stereocenters. The van der Waals surface area contributed by atoms with Gasteiger partial charge in [-0.15, -0.1) is 0 Å². The molecule has 1 N–H and O–H groups in total. The van der Waals surface area contributed by atoms with Gasteiger partial charge in [-0.1, -0.05) is 25.4 Å². The lowest BCUT2D eigenvalue weighted by atomic mass is 9.99. The summed E-state index contributed by atoms with van der Waals surface area (Å²) in [6, 6.07) is 2.28. The molecule has 0 spiro atoms. The third-order valence-electron chi connectivity index (χ3n) is 6.27. The van der Waals surface area contributed by atoms with Gasteiger partial charge in [0, 0.05) is 44.4 Å². The van der Waals surface area contributed by atoms with Crippen LogP contribution in [0.25, 0.3) is 0 Å². The fourth-order valence-electron chi connectivity index (χ4n) is 4.84. The molecule has 4 rings (SSSR count). The molecule has 2 aliphatic rings. The number of hydrogen-bond acceptors (Lipinski definition) is 6. The van der Waals surface area contributed by atoms with Gasteiger partial charge in [-0.05, 0) is 44.4 Å². The van der Waals surface area contributed by atoms with Gasteiger partial charge in [0.2, 0.25) is 0 Å². The van der Waals surface area contributed by atoms with Crippen molar-refractivity contribution < 1.29 is 5.11 Å². The van der Waals surface area contributed by atoms with E-state index in [1.165, 1.54) is 0 Å². The Bertz CT molecular complexity index is 869. The number of aromatic nitrogens is 4. The van der Waals surface area contributed by atoms with Crippen LogP contribution in [0, 0.1) is 18.8 Å². The van der Waals surface area contributed by atoms with E-state index in [0.717, 1.165) is 79.9 Å². The van der Waals surface area contributed by atoms with E-state index < -0.39 is 0 Å². The van der Waals surface area contributed by atoms with Crippen molar-refractivity contribution in [3.8, 4) is 0 Å². The smallest absolute Gasteiger partial charge is 0.134 e. The van der Waals surface area contributed by atoms with E-state index in [1.807, 2.05) is 4.68 Å². The minimum Gasteiger partial charge on any atom is -0.396 e. The average Bonchev–Trinajstić information content (AvgIpc) is 3.32. The number of aliphatic hydroxyl groups is 1. The molecule has 30 heavy (non-hydrogen) atoms. The van der Waals surface area contributed by atoms with E-state index in [-0.39, 0.29) is 12.6 Å². The first-order valence-corrected chi connectivity index (χ1v) is 11.5. The van der Waals surface area contributed by atoms with Crippen LogP contribution in [0.1, 0.15) is 56.8 Å². The highest BCUT2D eigenvalue weighted by molar-refractivity contribution is 6.30. The average molecular weight is 433 g/mol. The molecular formula is C22H33ClN6O. The number of rotatable bonds is 6. The third-order valence-corrected chi connectivity index (χ3v) is 6.67. The van der Waals surface area contributed by atoms with Gasteiger partial charge < -0.3 is 14.9 Å². The Kier molecular flexibility index (Phi) is 6.48. The van der Waals surface area contributed by atoms with Crippen molar-refractivity contribution in [3.05, 3.63) is 28.8 Å². The first-order chi connectivity index (χ1) is 14.5. The number of piperidine rings is 1. The maximum atomic E-state index is 9.56. The van der Waals surface area contributed by atoms with Crippen molar-refractivity contribution in [1.29, 1.82) is 0 Å². The van der Waals surface area contributed by atoms with E-state index >= 15 is 0 Å². The summed E-state index contributed by atoms with van der Waals surface area (Å²) in [6.07, 6.45) is 5.98. The summed E-state index contributed by atoms with van der Waals surface area (Å²) < 4.78 is 1.95. The van der Waals surface area contributed by atoms with Gasteiger partial charge in [0.25, 0.3) is 0 Å². The minimum absolute atomic E-state index is 0.188. The van der Waals surface area contributed by atoms with Crippen LogP contribution >= 0.6 is 11.6 Å². The Morgan fingerprint density at radius 1 is 1.17 bits per heavy atom. The fraction of sp³-hybridized carbons (Fsp3) is 0.682. The third kappa shape index (κ3) is 4.28. The standard InChI is InChI=1S/C22H33ClN6O/c1-15(2)11-29-22(23)21(16(3)26-29)18-7-5-9-28(18)20-10-19(24-14-25-20)27-8-4-6-17(12-27)13-30/h10,14-15,17-18,30H,4-9,11-13H2,1-3H3. The second kappa shape index (κ2) is 9.10. The van der Waals surface area contributed by atoms with Gasteiger partial charge in [0.1, 0.15) is 23.1 Å². The molecule has 4 heterocycles. The monoisotopic (exact) mass is 432 g/mol. The van der Waals surface area contributed by atoms with E-state index in [9.17, 15) is 5.11 Å². The summed E-state index contributed by atoms with van der Waals surface area (Å²) in [4.78, 5) is 13.8. The zero-order valence-electron chi connectivity index (χ0n) is 18.3. The van der Waals surface area contributed by atoms with Gasteiger partial charge in [0.05, 0.1) is 11.7 Å². The van der Waals surface area contributed by atoms with Crippen molar-refractivity contribution in [3.63, 3.8) is 0 Å². The zero-order chi connectivity index (χ0) is 21.3. The summed E-state index contributed by atoms with van der Waals surface area (Å²) in [7, 11) is 0. The lowest BCUT2D eigenvalue weighted by molar-refractivity contribution is 0.208. The van der Waals surface area contributed by atoms with Crippen LogP contribution in [-0.2, 0) is 6.54 Å². The summed E-state index contributed by atoms with van der Waals surface area (Å²) >= 11 is 6.80. The van der Waals surface area contributed by atoms with Crippen LogP contribution in [0.5, 0.6) is 0 Å². The predicted octanol–water partition coefficient (Wildman–Crippen LogP) is 3.84. The lowest BCUT2D eigenvalue weighted by Crippen LogP contribution is -2.37. The highest BCUT2D eigenvalue weighted by Crippen LogP contribution is 2.40. The van der Waals surface area contributed by atoms with Crippen molar-refractivity contribution in [2.24, 2.45) is 11.8 Å². The van der Waals surface area contributed by atoms with Crippen molar-refractivity contribution >= 4 is 23.2 Å². The number of anilines is 2. The summed E-state index contributed by atoms with van der Waals surface area (Å²) in [5.74, 6) is 2.71. The van der Waals surface area contributed by atoms with Crippen LogP contribution < -0.4 is 9.80 Å². The maximum Gasteiger partial charge on any atom is 0.134 e. The molecule has 2 aromatic rings. The number of aryl methyl sites for hydroxylation is 1. The minimum atomic E-state index is 0.188. The van der Waals surface area contributed by atoms with Gasteiger partial charge >= 0.3 is 0 Å². The summed E-state index contributed by atoms with van der Waals surface area (Å²) in [5, 5.41) is 15.0. The van der Waals surface area contributed by atoms with E-state index in [4.69, 9.17) is 16.7 Å². The Morgan fingerprint density at radius 3 is 2.70 bits per heavy atom. The van der Waals surface area contributed by atoms with Gasteiger partial charge in [0.15, 0.2) is 0 Å². The van der Waals surface area contributed by atoms with Crippen molar-refractivity contribution in [2.45, 2.75) is 59.0 Å². The van der Waals surface area contributed by atoms with Gasteiger partial charge in [-0.25, -0.2) is 9.97 Å². The summed E-state index contributed by atoms with van der Waals surface area (Å²) in [5.41, 5.74) is 2.14. The Labute approximate surface area is 184 Å². The number of halogens is 1. The highest BCUT2D eigenvalue weighted by atomic mass is 35.5. The molecule has 7 nitrogen and oxygen atoms in total. The molecule has 8 heteroatoms. The number of aliphatic hydroxyl groups excluding tert-OH is 1. The first-order valence-electron chi connectivity index (χ1n) is 11.1. The normalized spacial score (nSPS) is 22.3. The molecule has 0 aliphatic carbocycles. The number of nitrogens with zero attached hydrogens (tertiary/aromatic N) is 6. The van der Waals surface area contributed by atoms with Crippen LogP contribution in [0.4, 0.5) is 11.6 Å². The molecular weight excluding hydrogens is 400 g/mol. The Balaban J connectivity index is 1.60. The molecule has 2 saturated heterocycles. The fourth-order valence-corrected chi connectivity index (χ4v) is 5.21. The molecule has 2 aliphatic heterocycles. The quantitative estimate of drug-likeness (QED) is 0.747. The molecule has 0 saturated carbocycles. The second-order valence-electron chi connectivity index (χ2n) is 9.09. The largest absolute Gasteiger partial charge is 0.396 e. The lowest BCUT2D eigenvalue weighted by Gasteiger charge is -2.33. The molecule has 0 amide bonds. The molecule has 0 bridgehead atoms. The van der Waals surface area contributed by atoms with Crippen molar-refractivity contribution in [1.82, 2.24) is 19.7 Å². The van der Waals surface area contributed by atoms with Crippen LogP contribution in [0.2, 0.25) is 5.15 Å². The van der Waals surface area contributed by atoms with Gasteiger partial charge in [-0.3, -0.25) is 4.68 Å². The van der Waals surface area contributed by atoms with E-state index in [1.54, 1.807) is 6.33 Å². The topological polar surface area (TPSA) is 70.3 Å². The molecule has 2 atom stereocenters. The number of hydrogen-bond donors (Lipinski definition) is 1. The Morgan fingerprint density at radius 2 is 1.93 bits per heavy atom. The first kappa shape index (κ1) is 21.4. The molecule has 0 radical (unpaired) electrons. The molecule has 164 valence electrons.